The van der Waals surface area contributed by atoms with Gasteiger partial charge in [-0.2, -0.15) is 0 Å². The number of rotatable bonds is 4. The van der Waals surface area contributed by atoms with Crippen molar-refractivity contribution in [1.29, 1.82) is 0 Å². The van der Waals surface area contributed by atoms with Crippen LogP contribution in [0.4, 0.5) is 0 Å². The van der Waals surface area contributed by atoms with E-state index in [2.05, 4.69) is 27.4 Å². The number of carbonyl (C=O) groups excluding carboxylic acids is 1. The van der Waals surface area contributed by atoms with E-state index in [1.54, 1.807) is 23.7 Å². The van der Waals surface area contributed by atoms with E-state index < -0.39 is 0 Å². The van der Waals surface area contributed by atoms with Crippen LogP contribution in [-0.2, 0) is 11.3 Å². The highest BCUT2D eigenvalue weighted by molar-refractivity contribution is 7.13. The minimum atomic E-state index is 0.0943. The monoisotopic (exact) mass is 299 g/mol. The summed E-state index contributed by atoms with van der Waals surface area (Å²) in [6, 6.07) is 4.01. The number of carbonyl (C=O) groups is 1. The third kappa shape index (κ3) is 3.36. The van der Waals surface area contributed by atoms with Gasteiger partial charge in [0.25, 0.3) is 0 Å². The summed E-state index contributed by atoms with van der Waals surface area (Å²) in [5, 5.41) is 5.01. The van der Waals surface area contributed by atoms with Gasteiger partial charge in [0.15, 0.2) is 0 Å². The molecule has 2 aromatic heterocycles. The predicted octanol–water partition coefficient (Wildman–Crippen LogP) is 3.18. The van der Waals surface area contributed by atoms with Crippen LogP contribution in [0.25, 0.3) is 10.6 Å². The van der Waals surface area contributed by atoms with E-state index in [4.69, 9.17) is 0 Å². The average molecular weight is 299 g/mol. The first kappa shape index (κ1) is 13.9. The van der Waals surface area contributed by atoms with Crippen LogP contribution in [0.5, 0.6) is 0 Å². The summed E-state index contributed by atoms with van der Waals surface area (Å²) in [6.45, 7) is 0.431. The summed E-state index contributed by atoms with van der Waals surface area (Å²) in [5.41, 5.74) is 1.68. The van der Waals surface area contributed by atoms with Gasteiger partial charge in [-0.05, 0) is 30.7 Å². The van der Waals surface area contributed by atoms with Gasteiger partial charge in [-0.25, -0.2) is 0 Å². The quantitative estimate of drug-likeness (QED) is 0.882. The molecule has 0 radical (unpaired) electrons. The van der Waals surface area contributed by atoms with Crippen LogP contribution in [0.2, 0.25) is 0 Å². The molecule has 1 aliphatic carbocycles. The van der Waals surface area contributed by atoms with E-state index in [0.717, 1.165) is 35.5 Å². The van der Waals surface area contributed by atoms with Crippen molar-refractivity contribution in [2.45, 2.75) is 25.8 Å². The van der Waals surface area contributed by atoms with Crippen molar-refractivity contribution in [2.24, 2.45) is 5.92 Å². The van der Waals surface area contributed by atoms with Gasteiger partial charge in [-0.15, -0.1) is 11.3 Å². The maximum Gasteiger partial charge on any atom is 0.223 e. The molecular weight excluding hydrogens is 282 g/mol. The summed E-state index contributed by atoms with van der Waals surface area (Å²) in [4.78, 5) is 22.0. The molecule has 0 bridgehead atoms. The van der Waals surface area contributed by atoms with Crippen molar-refractivity contribution in [1.82, 2.24) is 15.3 Å². The van der Waals surface area contributed by atoms with Gasteiger partial charge in [0.05, 0.1) is 17.1 Å². The molecule has 0 fully saturated rings. The Morgan fingerprint density at radius 1 is 1.33 bits per heavy atom. The van der Waals surface area contributed by atoms with Gasteiger partial charge < -0.3 is 5.32 Å². The molecule has 3 rings (SSSR count). The first-order valence-corrected chi connectivity index (χ1v) is 7.99. The number of amides is 1. The van der Waals surface area contributed by atoms with Crippen molar-refractivity contribution in [3.05, 3.63) is 47.8 Å². The second kappa shape index (κ2) is 6.63. The first-order chi connectivity index (χ1) is 10.3. The molecule has 0 saturated carbocycles. The van der Waals surface area contributed by atoms with Crippen molar-refractivity contribution in [3.63, 3.8) is 0 Å². The number of nitrogens with zero attached hydrogens (tertiary/aromatic N) is 2. The Morgan fingerprint density at radius 3 is 3.00 bits per heavy atom. The van der Waals surface area contributed by atoms with Crippen molar-refractivity contribution < 1.29 is 4.79 Å². The molecular formula is C16H17N3OS. The third-order valence-electron chi connectivity index (χ3n) is 3.60. The number of nitrogens with one attached hydrogen (secondary N) is 1. The minimum Gasteiger partial charge on any atom is -0.350 e. The van der Waals surface area contributed by atoms with Gasteiger partial charge >= 0.3 is 0 Å². The topological polar surface area (TPSA) is 54.9 Å². The summed E-state index contributed by atoms with van der Waals surface area (Å²) in [5.74, 6) is 0.207. The van der Waals surface area contributed by atoms with Crippen LogP contribution in [0.3, 0.4) is 0 Å². The minimum absolute atomic E-state index is 0.0943. The number of hydrogen-bond donors (Lipinski definition) is 1. The standard InChI is InChI=1S/C16H17N3OS/c20-16(12-5-2-1-3-6-12)19-11-13-15(18-9-8-17-13)14-7-4-10-21-14/h1-2,4,7-10,12H,3,5-6,11H2,(H,19,20)/t12-/m1/s1. The lowest BCUT2D eigenvalue weighted by Crippen LogP contribution is -2.31. The smallest absolute Gasteiger partial charge is 0.223 e. The second-order valence-electron chi connectivity index (χ2n) is 5.03. The molecule has 21 heavy (non-hydrogen) atoms. The lowest BCUT2D eigenvalue weighted by molar-refractivity contribution is -0.125. The Morgan fingerprint density at radius 2 is 2.24 bits per heavy atom. The zero-order valence-electron chi connectivity index (χ0n) is 11.7. The maximum absolute atomic E-state index is 12.2. The molecule has 4 nitrogen and oxygen atoms in total. The van der Waals surface area contributed by atoms with Gasteiger partial charge in [0, 0.05) is 18.3 Å². The van der Waals surface area contributed by atoms with E-state index >= 15 is 0 Å². The number of allylic oxidation sites excluding steroid dienone is 2. The fraction of sp³-hybridized carbons (Fsp3) is 0.312. The average Bonchev–Trinajstić information content (AvgIpc) is 3.08. The molecule has 1 aliphatic rings. The lowest BCUT2D eigenvalue weighted by Gasteiger charge is -2.17. The van der Waals surface area contributed by atoms with Crippen LogP contribution in [0.1, 0.15) is 25.0 Å². The van der Waals surface area contributed by atoms with Crippen LogP contribution < -0.4 is 5.32 Å². The van der Waals surface area contributed by atoms with Gasteiger partial charge in [-0.3, -0.25) is 14.8 Å². The lowest BCUT2D eigenvalue weighted by atomic mass is 9.94. The Balaban J connectivity index is 1.68. The van der Waals surface area contributed by atoms with Crippen molar-refractivity contribution >= 4 is 17.2 Å². The zero-order valence-corrected chi connectivity index (χ0v) is 12.5. The van der Waals surface area contributed by atoms with E-state index in [9.17, 15) is 4.79 Å². The largest absolute Gasteiger partial charge is 0.350 e. The maximum atomic E-state index is 12.2. The molecule has 0 unspecified atom stereocenters. The summed E-state index contributed by atoms with van der Waals surface area (Å²) < 4.78 is 0. The molecule has 1 amide bonds. The molecule has 2 aromatic rings. The fourth-order valence-electron chi connectivity index (χ4n) is 2.46. The number of aromatic nitrogens is 2. The van der Waals surface area contributed by atoms with Crippen LogP contribution in [0.15, 0.2) is 42.1 Å². The van der Waals surface area contributed by atoms with Crippen molar-refractivity contribution in [2.75, 3.05) is 0 Å². The molecule has 0 spiro atoms. The fourth-order valence-corrected chi connectivity index (χ4v) is 3.21. The Bertz CT molecular complexity index is 637. The third-order valence-corrected chi connectivity index (χ3v) is 4.48. The molecule has 108 valence electrons. The molecule has 0 aliphatic heterocycles. The SMILES string of the molecule is O=C(NCc1nccnc1-c1cccs1)[C@@H]1CC=CCC1. The second-order valence-corrected chi connectivity index (χ2v) is 5.98. The highest BCUT2D eigenvalue weighted by atomic mass is 32.1. The predicted molar refractivity (Wildman–Crippen MR) is 83.7 cm³/mol. The summed E-state index contributed by atoms with van der Waals surface area (Å²) in [6.07, 6.45) is 10.3. The molecule has 0 saturated heterocycles. The van der Waals surface area contributed by atoms with E-state index in [0.29, 0.717) is 6.54 Å². The highest BCUT2D eigenvalue weighted by Crippen LogP contribution is 2.25. The normalized spacial score (nSPS) is 17.6. The number of hydrogen-bond acceptors (Lipinski definition) is 4. The van der Waals surface area contributed by atoms with E-state index in [1.165, 1.54) is 0 Å². The van der Waals surface area contributed by atoms with Crippen LogP contribution in [0, 0.1) is 5.92 Å². The van der Waals surface area contributed by atoms with Gasteiger partial charge in [0.1, 0.15) is 5.69 Å². The Labute approximate surface area is 128 Å². The summed E-state index contributed by atoms with van der Waals surface area (Å²) >= 11 is 1.63. The first-order valence-electron chi connectivity index (χ1n) is 7.11. The number of thiophene rings is 1. The Kier molecular flexibility index (Phi) is 4.40. The molecule has 0 aromatic carbocycles. The molecule has 1 N–H and O–H groups in total. The Hall–Kier alpha value is -2.01. The van der Waals surface area contributed by atoms with E-state index in [-0.39, 0.29) is 11.8 Å². The molecule has 1 atom stereocenters. The van der Waals surface area contributed by atoms with E-state index in [1.807, 2.05) is 17.5 Å². The van der Waals surface area contributed by atoms with Gasteiger partial charge in [-0.1, -0.05) is 18.2 Å². The van der Waals surface area contributed by atoms with Crippen LogP contribution in [-0.4, -0.2) is 15.9 Å². The van der Waals surface area contributed by atoms with Crippen molar-refractivity contribution in [3.8, 4) is 10.6 Å². The summed E-state index contributed by atoms with van der Waals surface area (Å²) in [7, 11) is 0. The highest BCUT2D eigenvalue weighted by Gasteiger charge is 2.19. The van der Waals surface area contributed by atoms with Crippen LogP contribution >= 0.6 is 11.3 Å². The molecule has 5 heteroatoms. The van der Waals surface area contributed by atoms with Gasteiger partial charge in [0.2, 0.25) is 5.91 Å². The molecule has 2 heterocycles. The zero-order chi connectivity index (χ0) is 14.5.